The second-order valence-electron chi connectivity index (χ2n) is 5.07. The minimum Gasteiger partial charge on any atom is -0.494 e. The van der Waals surface area contributed by atoms with Gasteiger partial charge in [0.05, 0.1) is 25.5 Å². The molecule has 0 spiro atoms. The van der Waals surface area contributed by atoms with Crippen LogP contribution in [0.25, 0.3) is 11.3 Å². The van der Waals surface area contributed by atoms with E-state index in [1.807, 2.05) is 36.6 Å². The highest BCUT2D eigenvalue weighted by atomic mass is 32.1. The first-order valence-electron chi connectivity index (χ1n) is 7.57. The van der Waals surface area contributed by atoms with E-state index in [-0.39, 0.29) is 11.9 Å². The van der Waals surface area contributed by atoms with Gasteiger partial charge in [-0.25, -0.2) is 4.98 Å². The molecule has 1 atom stereocenters. The van der Waals surface area contributed by atoms with Crippen LogP contribution in [0.5, 0.6) is 5.75 Å². The van der Waals surface area contributed by atoms with Crippen LogP contribution in [-0.4, -0.2) is 43.3 Å². The van der Waals surface area contributed by atoms with Gasteiger partial charge in [0.15, 0.2) is 5.13 Å². The highest BCUT2D eigenvalue weighted by Gasteiger charge is 2.22. The monoisotopic (exact) mass is 333 g/mol. The molecule has 2 heterocycles. The molecule has 1 aliphatic heterocycles. The number of ether oxygens (including phenoxy) is 2. The number of benzene rings is 1. The third-order valence-corrected chi connectivity index (χ3v) is 4.19. The fourth-order valence-electron chi connectivity index (χ4n) is 2.28. The summed E-state index contributed by atoms with van der Waals surface area (Å²) in [5.41, 5.74) is 1.82. The van der Waals surface area contributed by atoms with Gasteiger partial charge in [0, 0.05) is 17.5 Å². The lowest BCUT2D eigenvalue weighted by molar-refractivity contribution is -0.120. The van der Waals surface area contributed by atoms with Crippen LogP contribution in [0.15, 0.2) is 29.6 Å². The van der Waals surface area contributed by atoms with E-state index in [1.54, 1.807) is 0 Å². The van der Waals surface area contributed by atoms with Crippen molar-refractivity contribution in [2.75, 3.05) is 31.7 Å². The minimum atomic E-state index is -0.318. The second kappa shape index (κ2) is 7.54. The first kappa shape index (κ1) is 15.9. The summed E-state index contributed by atoms with van der Waals surface area (Å²) in [6.45, 7) is 4.32. The minimum absolute atomic E-state index is 0.114. The van der Waals surface area contributed by atoms with Gasteiger partial charge in [-0.1, -0.05) is 0 Å². The molecule has 1 aromatic heterocycles. The van der Waals surface area contributed by atoms with Crippen molar-refractivity contribution in [3.63, 3.8) is 0 Å². The first-order chi connectivity index (χ1) is 11.3. The Morgan fingerprint density at radius 2 is 2.30 bits per heavy atom. The van der Waals surface area contributed by atoms with Gasteiger partial charge in [0.2, 0.25) is 5.91 Å². The van der Waals surface area contributed by atoms with Crippen molar-refractivity contribution in [3.05, 3.63) is 29.6 Å². The van der Waals surface area contributed by atoms with E-state index in [4.69, 9.17) is 9.47 Å². The number of rotatable bonds is 5. The van der Waals surface area contributed by atoms with E-state index in [0.29, 0.717) is 31.5 Å². The molecule has 0 radical (unpaired) electrons. The lowest BCUT2D eigenvalue weighted by Crippen LogP contribution is -2.48. The third-order valence-electron chi connectivity index (χ3n) is 3.43. The Hall–Kier alpha value is -1.96. The van der Waals surface area contributed by atoms with Crippen LogP contribution in [0.4, 0.5) is 5.13 Å². The van der Waals surface area contributed by atoms with E-state index in [2.05, 4.69) is 15.6 Å². The standard InChI is InChI=1S/C16H19N3O3S/c1-2-22-12-5-3-11(4-6-12)14-10-23-16(18-14)19-15(20)13-9-21-8-7-17-13/h3-6,10,13,17H,2,7-9H2,1H3,(H,18,19,20). The molecule has 0 aliphatic carbocycles. The number of carbonyl (C=O) groups is 1. The van der Waals surface area contributed by atoms with Crippen LogP contribution in [0.1, 0.15) is 6.92 Å². The molecule has 122 valence electrons. The Balaban J connectivity index is 1.64. The number of nitrogens with one attached hydrogen (secondary N) is 2. The van der Waals surface area contributed by atoms with Crippen LogP contribution >= 0.6 is 11.3 Å². The van der Waals surface area contributed by atoms with Crippen molar-refractivity contribution in [2.45, 2.75) is 13.0 Å². The second-order valence-corrected chi connectivity index (χ2v) is 5.92. The van der Waals surface area contributed by atoms with Crippen molar-refractivity contribution in [3.8, 4) is 17.0 Å². The average molecular weight is 333 g/mol. The number of morpholine rings is 1. The Labute approximate surface area is 138 Å². The maximum Gasteiger partial charge on any atom is 0.245 e. The van der Waals surface area contributed by atoms with Crippen LogP contribution in [0.2, 0.25) is 0 Å². The van der Waals surface area contributed by atoms with E-state index < -0.39 is 0 Å². The van der Waals surface area contributed by atoms with E-state index in [0.717, 1.165) is 17.0 Å². The summed E-state index contributed by atoms with van der Waals surface area (Å²) in [6.07, 6.45) is 0. The SMILES string of the molecule is CCOc1ccc(-c2csc(NC(=O)C3COCCN3)n2)cc1. The van der Waals surface area contributed by atoms with Gasteiger partial charge in [0.1, 0.15) is 11.8 Å². The predicted octanol–water partition coefficient (Wildman–Crippen LogP) is 2.14. The van der Waals surface area contributed by atoms with E-state index >= 15 is 0 Å². The summed E-state index contributed by atoms with van der Waals surface area (Å²) < 4.78 is 10.7. The van der Waals surface area contributed by atoms with Crippen molar-refractivity contribution in [2.24, 2.45) is 0 Å². The molecule has 2 N–H and O–H groups in total. The molecule has 0 bridgehead atoms. The topological polar surface area (TPSA) is 72.5 Å². The highest BCUT2D eigenvalue weighted by Crippen LogP contribution is 2.26. The molecule has 1 amide bonds. The number of carbonyl (C=O) groups excluding carboxylic acids is 1. The van der Waals surface area contributed by atoms with Crippen LogP contribution in [0.3, 0.4) is 0 Å². The first-order valence-corrected chi connectivity index (χ1v) is 8.45. The maximum atomic E-state index is 12.1. The smallest absolute Gasteiger partial charge is 0.245 e. The van der Waals surface area contributed by atoms with Gasteiger partial charge in [-0.3, -0.25) is 4.79 Å². The molecule has 23 heavy (non-hydrogen) atoms. The van der Waals surface area contributed by atoms with Gasteiger partial charge < -0.3 is 20.1 Å². The van der Waals surface area contributed by atoms with E-state index in [1.165, 1.54) is 11.3 Å². The van der Waals surface area contributed by atoms with Crippen molar-refractivity contribution in [1.82, 2.24) is 10.3 Å². The van der Waals surface area contributed by atoms with Crippen molar-refractivity contribution >= 4 is 22.4 Å². The number of hydrogen-bond donors (Lipinski definition) is 2. The zero-order valence-electron chi connectivity index (χ0n) is 12.9. The zero-order chi connectivity index (χ0) is 16.1. The van der Waals surface area contributed by atoms with Gasteiger partial charge in [-0.15, -0.1) is 11.3 Å². The molecule has 0 saturated carbocycles. The number of hydrogen-bond acceptors (Lipinski definition) is 6. The summed E-state index contributed by atoms with van der Waals surface area (Å²) in [5, 5.41) is 8.47. The lowest BCUT2D eigenvalue weighted by Gasteiger charge is -2.22. The summed E-state index contributed by atoms with van der Waals surface area (Å²) in [6, 6.07) is 7.44. The molecule has 1 saturated heterocycles. The van der Waals surface area contributed by atoms with Gasteiger partial charge in [-0.05, 0) is 31.2 Å². The van der Waals surface area contributed by atoms with Crippen LogP contribution in [-0.2, 0) is 9.53 Å². The largest absolute Gasteiger partial charge is 0.494 e. The molecule has 7 heteroatoms. The summed E-state index contributed by atoms with van der Waals surface area (Å²) in [7, 11) is 0. The summed E-state index contributed by atoms with van der Waals surface area (Å²) >= 11 is 1.41. The third kappa shape index (κ3) is 4.07. The molecular formula is C16H19N3O3S. The van der Waals surface area contributed by atoms with Gasteiger partial charge in [-0.2, -0.15) is 0 Å². The molecule has 1 aliphatic rings. The fraction of sp³-hybridized carbons (Fsp3) is 0.375. The molecule has 2 aromatic rings. The summed E-state index contributed by atoms with van der Waals surface area (Å²) in [5.74, 6) is 0.723. The molecular weight excluding hydrogens is 314 g/mol. The number of thiazole rings is 1. The van der Waals surface area contributed by atoms with Crippen molar-refractivity contribution in [1.29, 1.82) is 0 Å². The van der Waals surface area contributed by atoms with Crippen LogP contribution < -0.4 is 15.4 Å². The Bertz CT molecular complexity index is 651. The maximum absolute atomic E-state index is 12.1. The van der Waals surface area contributed by atoms with E-state index in [9.17, 15) is 4.79 Å². The number of nitrogens with zero attached hydrogens (tertiary/aromatic N) is 1. The average Bonchev–Trinajstić information content (AvgIpc) is 3.05. The Morgan fingerprint density at radius 1 is 1.48 bits per heavy atom. The fourth-order valence-corrected chi connectivity index (χ4v) is 3.00. The molecule has 1 unspecified atom stereocenters. The predicted molar refractivity (Wildman–Crippen MR) is 90.0 cm³/mol. The molecule has 1 aromatic carbocycles. The summed E-state index contributed by atoms with van der Waals surface area (Å²) in [4.78, 5) is 16.6. The molecule has 3 rings (SSSR count). The highest BCUT2D eigenvalue weighted by molar-refractivity contribution is 7.14. The zero-order valence-corrected chi connectivity index (χ0v) is 13.7. The molecule has 1 fully saturated rings. The van der Waals surface area contributed by atoms with Gasteiger partial charge in [0.25, 0.3) is 0 Å². The Kier molecular flexibility index (Phi) is 5.22. The van der Waals surface area contributed by atoms with Crippen LogP contribution in [0, 0.1) is 0 Å². The Morgan fingerprint density at radius 3 is 3.00 bits per heavy atom. The number of aromatic nitrogens is 1. The lowest BCUT2D eigenvalue weighted by atomic mass is 10.2. The normalized spacial score (nSPS) is 17.7. The quantitative estimate of drug-likeness (QED) is 0.877. The molecule has 6 nitrogen and oxygen atoms in total. The van der Waals surface area contributed by atoms with Gasteiger partial charge >= 0.3 is 0 Å². The van der Waals surface area contributed by atoms with Crippen molar-refractivity contribution < 1.29 is 14.3 Å². The number of amides is 1. The number of anilines is 1.